The van der Waals surface area contributed by atoms with Gasteiger partial charge >= 0.3 is 12.4 Å². The number of hydrogen-bond donors (Lipinski definition) is 1. The van der Waals surface area contributed by atoms with Crippen molar-refractivity contribution in [1.29, 1.82) is 0 Å². The Hall–Kier alpha value is -2.07. The molecule has 0 spiro atoms. The van der Waals surface area contributed by atoms with Gasteiger partial charge < -0.3 is 10.5 Å². The van der Waals surface area contributed by atoms with Crippen LogP contribution in [0.5, 0.6) is 5.75 Å². The summed E-state index contributed by atoms with van der Waals surface area (Å²) in [5.74, 6) is -0.182. The second-order valence-electron chi connectivity index (χ2n) is 7.64. The van der Waals surface area contributed by atoms with Crippen molar-refractivity contribution in [1.82, 2.24) is 0 Å². The Kier molecular flexibility index (Phi) is 6.71. The van der Waals surface area contributed by atoms with Crippen LogP contribution in [0.1, 0.15) is 58.1 Å². The van der Waals surface area contributed by atoms with E-state index in [0.29, 0.717) is 5.92 Å². The van der Waals surface area contributed by atoms with E-state index in [4.69, 9.17) is 10.5 Å². The molecular weight excluding hydrogens is 444 g/mol. The maximum atomic E-state index is 13.9. The quantitative estimate of drug-likeness (QED) is 0.267. The molecule has 31 heavy (non-hydrogen) atoms. The highest BCUT2D eigenvalue weighted by Crippen LogP contribution is 2.45. The maximum Gasteiger partial charge on any atom is 0.411 e. The summed E-state index contributed by atoms with van der Waals surface area (Å²) in [5.41, 5.74) is 2.50. The fraction of sp³-hybridized carbons (Fsp3) is 0.476. The number of halogens is 6. The molecule has 0 amide bonds. The summed E-state index contributed by atoms with van der Waals surface area (Å²) in [6, 6.07) is 7.89. The summed E-state index contributed by atoms with van der Waals surface area (Å²) in [6.45, 7) is -0.230. The molecule has 1 saturated carbocycles. The molecule has 170 valence electrons. The highest BCUT2D eigenvalue weighted by molar-refractivity contribution is 7.14. The van der Waals surface area contributed by atoms with E-state index in [-0.39, 0.29) is 29.2 Å². The molecule has 1 aliphatic carbocycles. The van der Waals surface area contributed by atoms with Crippen LogP contribution in [0.2, 0.25) is 0 Å². The number of alkyl halides is 6. The van der Waals surface area contributed by atoms with Crippen LogP contribution in [0.15, 0.2) is 36.4 Å². The third-order valence-corrected chi connectivity index (χ3v) is 6.36. The Morgan fingerprint density at radius 2 is 1.68 bits per heavy atom. The molecule has 0 bridgehead atoms. The summed E-state index contributed by atoms with van der Waals surface area (Å²) < 4.78 is 83.2. The molecule has 10 heteroatoms. The number of carbonyl (C=O) groups excluding carboxylic acids is 1. The summed E-state index contributed by atoms with van der Waals surface area (Å²) >= 11 is 1.20. The lowest BCUT2D eigenvalue weighted by Gasteiger charge is -2.31. The predicted molar refractivity (Wildman–Crippen MR) is 104 cm³/mol. The average Bonchev–Trinajstić information content (AvgIpc) is 3.40. The molecule has 3 nitrogen and oxygen atoms in total. The zero-order valence-corrected chi connectivity index (χ0v) is 17.2. The van der Waals surface area contributed by atoms with Gasteiger partial charge in [-0.15, -0.1) is 11.3 Å². The monoisotopic (exact) mass is 465 g/mol. The van der Waals surface area contributed by atoms with Crippen molar-refractivity contribution >= 4 is 17.1 Å². The minimum atomic E-state index is -4.89. The molecule has 1 aromatic carbocycles. The number of ketones is 1. The van der Waals surface area contributed by atoms with Crippen LogP contribution >= 0.6 is 11.3 Å². The Bertz CT molecular complexity index is 902. The first-order valence-corrected chi connectivity index (χ1v) is 10.5. The van der Waals surface area contributed by atoms with Gasteiger partial charge in [0.25, 0.3) is 0 Å². The van der Waals surface area contributed by atoms with Gasteiger partial charge in [0.05, 0.1) is 11.5 Å². The van der Waals surface area contributed by atoms with Gasteiger partial charge in [-0.05, 0) is 55.0 Å². The van der Waals surface area contributed by atoms with Gasteiger partial charge in [-0.1, -0.05) is 12.1 Å². The Morgan fingerprint density at radius 3 is 2.23 bits per heavy atom. The number of ether oxygens (including phenoxy) is 1. The van der Waals surface area contributed by atoms with E-state index in [2.05, 4.69) is 0 Å². The van der Waals surface area contributed by atoms with Gasteiger partial charge in [-0.3, -0.25) is 4.79 Å². The molecule has 0 aliphatic heterocycles. The number of rotatable bonds is 9. The molecule has 1 heterocycles. The SMILES string of the molecule is N[C@@](CC(=O)c1ccc(C2CC2)s1)(c1ccc(OCCCC(F)(F)F)cc1)C(F)(F)F. The van der Waals surface area contributed by atoms with Gasteiger partial charge in [-0.25, -0.2) is 0 Å². The lowest BCUT2D eigenvalue weighted by atomic mass is 9.85. The van der Waals surface area contributed by atoms with Crippen molar-refractivity contribution in [2.45, 2.75) is 55.9 Å². The number of carbonyl (C=O) groups is 1. The van der Waals surface area contributed by atoms with Gasteiger partial charge in [0.1, 0.15) is 11.3 Å². The maximum absolute atomic E-state index is 13.9. The summed E-state index contributed by atoms with van der Waals surface area (Å²) in [4.78, 5) is 13.8. The Morgan fingerprint density at radius 1 is 1.03 bits per heavy atom. The zero-order chi connectivity index (χ0) is 22.9. The normalized spacial score (nSPS) is 16.7. The van der Waals surface area contributed by atoms with E-state index in [1.54, 1.807) is 6.07 Å². The summed E-state index contributed by atoms with van der Waals surface area (Å²) in [7, 11) is 0. The molecule has 1 aromatic heterocycles. The lowest BCUT2D eigenvalue weighted by Crippen LogP contribution is -2.51. The third-order valence-electron chi connectivity index (χ3n) is 5.07. The summed E-state index contributed by atoms with van der Waals surface area (Å²) in [5, 5.41) is 0. The number of thiophene rings is 1. The molecular formula is C21H21F6NO2S. The standard InChI is InChI=1S/C21H21F6NO2S/c22-20(23,24)10-1-11-30-15-6-4-14(5-7-15)19(28,21(25,26)27)12-16(29)18-9-8-17(31-18)13-2-3-13/h4-9,13H,1-3,10-12,28H2/t19-/m0/s1. The molecule has 1 fully saturated rings. The fourth-order valence-corrected chi connectivity index (χ4v) is 4.22. The van der Waals surface area contributed by atoms with Crippen molar-refractivity contribution in [2.24, 2.45) is 5.73 Å². The third kappa shape index (κ3) is 6.00. The topological polar surface area (TPSA) is 52.3 Å². The van der Waals surface area contributed by atoms with Crippen LogP contribution in [-0.4, -0.2) is 24.7 Å². The molecule has 1 atom stereocenters. The first-order chi connectivity index (χ1) is 14.4. The van der Waals surface area contributed by atoms with Gasteiger partial charge in [0.15, 0.2) is 5.78 Å². The molecule has 2 aromatic rings. The van der Waals surface area contributed by atoms with E-state index >= 15 is 0 Å². The fourth-order valence-electron chi connectivity index (χ4n) is 3.11. The van der Waals surface area contributed by atoms with Gasteiger partial charge in [-0.2, -0.15) is 26.3 Å². The van der Waals surface area contributed by atoms with Crippen LogP contribution in [0, 0.1) is 0 Å². The van der Waals surface area contributed by atoms with Crippen LogP contribution in [0.4, 0.5) is 26.3 Å². The molecule has 2 N–H and O–H groups in total. The predicted octanol–water partition coefficient (Wildman–Crippen LogP) is 6.34. The number of nitrogens with two attached hydrogens (primary N) is 1. The number of Topliss-reactive ketones (excluding diaryl/α,β-unsaturated/α-hetero) is 1. The summed E-state index contributed by atoms with van der Waals surface area (Å²) in [6.07, 6.45) is -9.40. The first kappa shape index (κ1) is 23.6. The van der Waals surface area contributed by atoms with Crippen molar-refractivity contribution in [2.75, 3.05) is 6.61 Å². The lowest BCUT2D eigenvalue weighted by molar-refractivity contribution is -0.188. The van der Waals surface area contributed by atoms with E-state index in [1.807, 2.05) is 0 Å². The minimum Gasteiger partial charge on any atom is -0.494 e. The molecule has 0 saturated heterocycles. The zero-order valence-electron chi connectivity index (χ0n) is 16.4. The smallest absolute Gasteiger partial charge is 0.411 e. The molecule has 0 unspecified atom stereocenters. The molecule has 3 rings (SSSR count). The van der Waals surface area contributed by atoms with Crippen molar-refractivity contribution < 1.29 is 35.9 Å². The minimum absolute atomic E-state index is 0.120. The van der Waals surface area contributed by atoms with Crippen LogP contribution in [-0.2, 0) is 5.54 Å². The van der Waals surface area contributed by atoms with E-state index in [1.165, 1.54) is 29.5 Å². The number of benzene rings is 1. The second kappa shape index (κ2) is 8.82. The van der Waals surface area contributed by atoms with E-state index < -0.39 is 36.5 Å². The van der Waals surface area contributed by atoms with E-state index in [0.717, 1.165) is 29.9 Å². The van der Waals surface area contributed by atoms with E-state index in [9.17, 15) is 31.1 Å². The van der Waals surface area contributed by atoms with Crippen LogP contribution < -0.4 is 10.5 Å². The highest BCUT2D eigenvalue weighted by atomic mass is 32.1. The van der Waals surface area contributed by atoms with Crippen molar-refractivity contribution in [3.05, 3.63) is 51.7 Å². The average molecular weight is 465 g/mol. The van der Waals surface area contributed by atoms with Gasteiger partial charge in [0, 0.05) is 17.7 Å². The second-order valence-corrected chi connectivity index (χ2v) is 8.75. The largest absolute Gasteiger partial charge is 0.494 e. The molecule has 1 aliphatic rings. The van der Waals surface area contributed by atoms with Crippen molar-refractivity contribution in [3.8, 4) is 5.75 Å². The Labute approximate surface area is 179 Å². The highest BCUT2D eigenvalue weighted by Gasteiger charge is 2.54. The Balaban J connectivity index is 1.69. The van der Waals surface area contributed by atoms with Gasteiger partial charge in [0.2, 0.25) is 0 Å². The van der Waals surface area contributed by atoms with Crippen LogP contribution in [0.3, 0.4) is 0 Å². The first-order valence-electron chi connectivity index (χ1n) is 9.68. The molecule has 0 radical (unpaired) electrons. The van der Waals surface area contributed by atoms with Crippen molar-refractivity contribution in [3.63, 3.8) is 0 Å². The van der Waals surface area contributed by atoms with Crippen LogP contribution in [0.25, 0.3) is 0 Å². The number of hydrogen-bond acceptors (Lipinski definition) is 4.